The minimum atomic E-state index is -0.894. The van der Waals surface area contributed by atoms with E-state index in [9.17, 15) is 9.59 Å². The fourth-order valence-electron chi connectivity index (χ4n) is 6.64. The SMILES string of the molecule is NC(=O)C(=O)c1cn(C2C[C@H]3COC[C@@H](C2)N3C2CCCCCCCCC2)c2ccccc12. The molecule has 0 radical (unpaired) electrons. The molecule has 3 atom stereocenters. The topological polar surface area (TPSA) is 77.6 Å². The van der Waals surface area contributed by atoms with Gasteiger partial charge in [-0.05, 0) is 31.7 Å². The van der Waals surface area contributed by atoms with Gasteiger partial charge in [0.2, 0.25) is 0 Å². The molecule has 33 heavy (non-hydrogen) atoms. The van der Waals surface area contributed by atoms with E-state index < -0.39 is 11.7 Å². The number of fused-ring (bicyclic) bond motifs is 3. The van der Waals surface area contributed by atoms with Crippen molar-refractivity contribution in [1.29, 1.82) is 0 Å². The highest BCUT2D eigenvalue weighted by Gasteiger charge is 2.43. The molecule has 1 unspecified atom stereocenters. The van der Waals surface area contributed by atoms with E-state index in [1.807, 2.05) is 30.5 Å². The Hall–Kier alpha value is -2.18. The van der Waals surface area contributed by atoms with Gasteiger partial charge in [-0.25, -0.2) is 0 Å². The first-order valence-corrected chi connectivity index (χ1v) is 12.9. The van der Waals surface area contributed by atoms with Crippen LogP contribution in [0.3, 0.4) is 0 Å². The number of benzene rings is 1. The van der Waals surface area contributed by atoms with Crippen LogP contribution in [0.1, 0.15) is 87.0 Å². The van der Waals surface area contributed by atoms with Gasteiger partial charge in [0, 0.05) is 41.3 Å². The van der Waals surface area contributed by atoms with Crippen molar-refractivity contribution in [1.82, 2.24) is 9.47 Å². The van der Waals surface area contributed by atoms with Crippen molar-refractivity contribution in [2.75, 3.05) is 13.2 Å². The van der Waals surface area contributed by atoms with Crippen LogP contribution in [0.4, 0.5) is 0 Å². The van der Waals surface area contributed by atoms with E-state index in [4.69, 9.17) is 10.5 Å². The van der Waals surface area contributed by atoms with Crippen molar-refractivity contribution in [3.63, 3.8) is 0 Å². The molecule has 3 heterocycles. The van der Waals surface area contributed by atoms with E-state index >= 15 is 0 Å². The molecular weight excluding hydrogens is 414 g/mol. The first-order valence-electron chi connectivity index (χ1n) is 12.9. The fraction of sp³-hybridized carbons (Fsp3) is 0.630. The van der Waals surface area contributed by atoms with Gasteiger partial charge in [0.1, 0.15) is 0 Å². The Bertz CT molecular complexity index is 976. The third kappa shape index (κ3) is 4.60. The number of Topliss-reactive ketones (excluding diaryl/α,β-unsaturated/α-hetero) is 1. The minimum absolute atomic E-state index is 0.291. The average Bonchev–Trinajstić information content (AvgIpc) is 3.21. The number of primary amides is 1. The van der Waals surface area contributed by atoms with Crippen molar-refractivity contribution in [2.24, 2.45) is 5.73 Å². The van der Waals surface area contributed by atoms with Crippen molar-refractivity contribution >= 4 is 22.6 Å². The first kappa shape index (κ1) is 22.6. The van der Waals surface area contributed by atoms with Gasteiger partial charge in [0.25, 0.3) is 11.7 Å². The zero-order chi connectivity index (χ0) is 22.8. The quantitative estimate of drug-likeness (QED) is 0.544. The molecule has 1 saturated carbocycles. The molecule has 3 aliphatic rings. The zero-order valence-electron chi connectivity index (χ0n) is 19.6. The molecule has 6 heteroatoms. The van der Waals surface area contributed by atoms with Gasteiger partial charge in [-0.3, -0.25) is 14.5 Å². The molecule has 2 aromatic rings. The summed E-state index contributed by atoms with van der Waals surface area (Å²) in [4.78, 5) is 27.0. The number of carbonyl (C=O) groups excluding carboxylic acids is 2. The van der Waals surface area contributed by atoms with Crippen LogP contribution in [0.25, 0.3) is 10.9 Å². The molecule has 1 aromatic heterocycles. The fourth-order valence-corrected chi connectivity index (χ4v) is 6.64. The van der Waals surface area contributed by atoms with Gasteiger partial charge in [-0.2, -0.15) is 0 Å². The lowest BCUT2D eigenvalue weighted by atomic mass is 9.85. The molecule has 6 nitrogen and oxygen atoms in total. The maximum absolute atomic E-state index is 12.5. The lowest BCUT2D eigenvalue weighted by Crippen LogP contribution is -2.60. The number of ketones is 1. The third-order valence-electron chi connectivity index (χ3n) is 8.15. The smallest absolute Gasteiger partial charge is 0.289 e. The van der Waals surface area contributed by atoms with E-state index in [1.165, 1.54) is 57.8 Å². The number of nitrogens with two attached hydrogens (primary N) is 1. The van der Waals surface area contributed by atoms with Crippen LogP contribution in [-0.2, 0) is 9.53 Å². The highest BCUT2D eigenvalue weighted by Crippen LogP contribution is 2.40. The second-order valence-electron chi connectivity index (χ2n) is 10.3. The number of morpholine rings is 1. The summed E-state index contributed by atoms with van der Waals surface area (Å²) in [5.41, 5.74) is 6.78. The maximum Gasteiger partial charge on any atom is 0.289 e. The van der Waals surface area contributed by atoms with Crippen LogP contribution in [0.2, 0.25) is 0 Å². The third-order valence-corrected chi connectivity index (χ3v) is 8.15. The van der Waals surface area contributed by atoms with Crippen LogP contribution in [0, 0.1) is 0 Å². The number of nitrogens with zero attached hydrogens (tertiary/aromatic N) is 2. The van der Waals surface area contributed by atoms with Gasteiger partial charge < -0.3 is 15.0 Å². The number of hydrogen-bond donors (Lipinski definition) is 1. The molecule has 1 aromatic carbocycles. The Labute approximate surface area is 196 Å². The van der Waals surface area contributed by atoms with Crippen LogP contribution < -0.4 is 5.73 Å². The predicted molar refractivity (Wildman–Crippen MR) is 129 cm³/mol. The second kappa shape index (κ2) is 9.98. The number of amides is 1. The lowest BCUT2D eigenvalue weighted by molar-refractivity contribution is -0.114. The molecule has 178 valence electrons. The van der Waals surface area contributed by atoms with Gasteiger partial charge in [-0.15, -0.1) is 0 Å². The summed E-state index contributed by atoms with van der Waals surface area (Å²) in [6, 6.07) is 9.65. The van der Waals surface area contributed by atoms with E-state index in [1.54, 1.807) is 0 Å². The standard InChI is InChI=1S/C27H37N3O3/c28-27(32)26(31)24-16-29(25-13-9-8-12-23(24)25)20-14-21-17-33-18-22(15-20)30(21)19-10-6-4-2-1-3-5-7-11-19/h8-9,12-13,16,19-22H,1-7,10-11,14-15,17-18H2,(H2,28,32)/t20?,21-,22+. The lowest BCUT2D eigenvalue weighted by Gasteiger charge is -2.52. The summed E-state index contributed by atoms with van der Waals surface area (Å²) in [7, 11) is 0. The Balaban J connectivity index is 1.40. The number of aromatic nitrogens is 1. The Morgan fingerprint density at radius 3 is 2.06 bits per heavy atom. The number of rotatable bonds is 4. The van der Waals surface area contributed by atoms with Crippen molar-refractivity contribution in [3.05, 3.63) is 36.0 Å². The monoisotopic (exact) mass is 451 g/mol. The Kier molecular flexibility index (Phi) is 6.84. The molecule has 3 fully saturated rings. The predicted octanol–water partition coefficient (Wildman–Crippen LogP) is 4.61. The van der Waals surface area contributed by atoms with Gasteiger partial charge in [0.15, 0.2) is 0 Å². The number of ether oxygens (including phenoxy) is 1. The molecule has 2 aliphatic heterocycles. The van der Waals surface area contributed by atoms with Crippen molar-refractivity contribution in [3.8, 4) is 0 Å². The van der Waals surface area contributed by atoms with E-state index in [-0.39, 0.29) is 0 Å². The largest absolute Gasteiger partial charge is 0.378 e. The highest BCUT2D eigenvalue weighted by atomic mass is 16.5. The minimum Gasteiger partial charge on any atom is -0.378 e. The summed E-state index contributed by atoms with van der Waals surface area (Å²) in [6.07, 6.45) is 16.1. The molecule has 2 N–H and O–H groups in total. The summed E-state index contributed by atoms with van der Waals surface area (Å²) in [5, 5.41) is 0.817. The van der Waals surface area contributed by atoms with Gasteiger partial charge >= 0.3 is 0 Å². The van der Waals surface area contributed by atoms with E-state index in [0.717, 1.165) is 37.0 Å². The molecule has 2 saturated heterocycles. The van der Waals surface area contributed by atoms with Crippen LogP contribution in [0.5, 0.6) is 0 Å². The van der Waals surface area contributed by atoms with E-state index in [0.29, 0.717) is 29.7 Å². The van der Waals surface area contributed by atoms with Gasteiger partial charge in [0.05, 0.1) is 18.8 Å². The van der Waals surface area contributed by atoms with Crippen LogP contribution in [-0.4, -0.2) is 52.5 Å². The first-order chi connectivity index (χ1) is 16.1. The highest BCUT2D eigenvalue weighted by molar-refractivity contribution is 6.44. The average molecular weight is 452 g/mol. The zero-order valence-corrected chi connectivity index (χ0v) is 19.6. The summed E-state index contributed by atoms with van der Waals surface area (Å²) < 4.78 is 8.28. The van der Waals surface area contributed by atoms with Crippen LogP contribution >= 0.6 is 0 Å². The van der Waals surface area contributed by atoms with Gasteiger partial charge in [-0.1, -0.05) is 63.1 Å². The normalized spacial score (nSPS) is 27.9. The molecule has 5 rings (SSSR count). The summed E-state index contributed by atoms with van der Waals surface area (Å²) in [6.45, 7) is 1.57. The Morgan fingerprint density at radius 2 is 1.42 bits per heavy atom. The van der Waals surface area contributed by atoms with Crippen molar-refractivity contribution in [2.45, 2.75) is 94.8 Å². The number of hydrogen-bond acceptors (Lipinski definition) is 4. The molecule has 1 amide bonds. The Morgan fingerprint density at radius 1 is 0.818 bits per heavy atom. The number of piperidine rings is 1. The second-order valence-corrected chi connectivity index (χ2v) is 10.3. The summed E-state index contributed by atoms with van der Waals surface area (Å²) >= 11 is 0. The molecular formula is C27H37N3O3. The van der Waals surface area contributed by atoms with Crippen LogP contribution in [0.15, 0.2) is 30.5 Å². The molecule has 2 bridgehead atoms. The maximum atomic E-state index is 12.5. The molecule has 0 spiro atoms. The summed E-state index contributed by atoms with van der Waals surface area (Å²) in [5.74, 6) is -1.50. The molecule has 1 aliphatic carbocycles. The number of carbonyl (C=O) groups is 2. The van der Waals surface area contributed by atoms with E-state index in [2.05, 4.69) is 9.47 Å². The van der Waals surface area contributed by atoms with Crippen molar-refractivity contribution < 1.29 is 14.3 Å². The number of para-hydroxylation sites is 1.